The minimum atomic E-state index is -0.592. The molecule has 7 heteroatoms. The molecule has 1 fully saturated rings. The van der Waals surface area contributed by atoms with E-state index in [1.54, 1.807) is 0 Å². The molecule has 0 aromatic carbocycles. The smallest absolute Gasteiger partial charge is 0.164 e. The van der Waals surface area contributed by atoms with Crippen LogP contribution in [0.2, 0.25) is 0 Å². The summed E-state index contributed by atoms with van der Waals surface area (Å²) >= 11 is 0. The summed E-state index contributed by atoms with van der Waals surface area (Å²) in [6.45, 7) is 0. The summed E-state index contributed by atoms with van der Waals surface area (Å²) in [5.74, 6) is 0. The first-order valence-corrected chi connectivity index (χ1v) is 7.18. The Labute approximate surface area is 76.8 Å². The molecule has 3 N–H and O–H groups in total. The molecule has 0 aromatic rings. The predicted molar refractivity (Wildman–Crippen MR) is 52.9 cm³/mol. The first-order chi connectivity index (χ1) is 5.70. The lowest BCUT2D eigenvalue weighted by molar-refractivity contribution is 0.164. The molecule has 0 heterocycles. The average molecular weight is 227 g/mol. The summed E-state index contributed by atoms with van der Waals surface area (Å²) in [6.07, 6.45) is -0.389. The highest BCUT2D eigenvalue weighted by Crippen LogP contribution is 2.36. The topological polar surface area (TPSA) is 72.5 Å². The summed E-state index contributed by atoms with van der Waals surface area (Å²) in [6, 6.07) is -0.195. The zero-order valence-electron chi connectivity index (χ0n) is 6.38. The summed E-state index contributed by atoms with van der Waals surface area (Å²) in [4.78, 5) is 0. The van der Waals surface area contributed by atoms with E-state index in [1.165, 1.54) is 0 Å². The molecule has 4 nitrogen and oxygen atoms in total. The van der Waals surface area contributed by atoms with Gasteiger partial charge in [0, 0.05) is 14.5 Å². The van der Waals surface area contributed by atoms with E-state index >= 15 is 0 Å². The lowest BCUT2D eigenvalue weighted by Crippen LogP contribution is -2.34. The quantitative estimate of drug-likeness (QED) is 0.689. The van der Waals surface area contributed by atoms with Crippen LogP contribution in [0.15, 0.2) is 0 Å². The first kappa shape index (κ1) is 10.9. The van der Waals surface area contributed by atoms with Crippen molar-refractivity contribution in [2.75, 3.05) is 0 Å². The van der Waals surface area contributed by atoms with Crippen LogP contribution in [0, 0.1) is 0 Å². The molecular formula is C5H12NO3P3. The Hall–Kier alpha value is 0.840. The number of hydrogen-bond donors (Lipinski definition) is 2. The van der Waals surface area contributed by atoms with Crippen molar-refractivity contribution in [2.45, 2.75) is 30.3 Å². The van der Waals surface area contributed by atoms with Crippen LogP contribution < -0.4 is 5.73 Å². The van der Waals surface area contributed by atoms with Crippen LogP contribution in [0.1, 0.15) is 6.42 Å². The highest BCUT2D eigenvalue weighted by Gasteiger charge is 2.42. The van der Waals surface area contributed by atoms with Crippen molar-refractivity contribution in [3.8, 4) is 0 Å². The van der Waals surface area contributed by atoms with Crippen molar-refractivity contribution < 1.29 is 14.2 Å². The first-order valence-electron chi connectivity index (χ1n) is 3.58. The van der Waals surface area contributed by atoms with E-state index in [0.29, 0.717) is 6.42 Å². The highest BCUT2D eigenvalue weighted by molar-refractivity contribution is 8.00. The Balaban J connectivity index is 2.61. The third-order valence-electron chi connectivity index (χ3n) is 1.99. The summed E-state index contributed by atoms with van der Waals surface area (Å²) in [7, 11) is 2.60. The summed E-state index contributed by atoms with van der Waals surface area (Å²) in [5.41, 5.74) is 5.33. The van der Waals surface area contributed by atoms with Gasteiger partial charge in [0.1, 0.15) is 0 Å². The summed E-state index contributed by atoms with van der Waals surface area (Å²) in [5, 5.41) is 9.39. The molecule has 0 saturated heterocycles. The Morgan fingerprint density at radius 1 is 1.75 bits per heavy atom. The average Bonchev–Trinajstić information content (AvgIpc) is 2.28. The SMILES string of the molecule is N[C@@H]1C[C@H](O)[C@@H](P=O)C1OPP. The molecule has 0 radical (unpaired) electrons. The molecule has 0 aromatic heterocycles. The largest absolute Gasteiger partial charge is 0.392 e. The zero-order valence-corrected chi connectivity index (χ0v) is 9.43. The number of nitrogens with two attached hydrogens (primary N) is 1. The van der Waals surface area contributed by atoms with Gasteiger partial charge in [0.05, 0.1) is 17.9 Å². The molecule has 0 aliphatic heterocycles. The minimum absolute atomic E-state index is 0.0797. The Morgan fingerprint density at radius 3 is 2.92 bits per heavy atom. The fourth-order valence-electron chi connectivity index (χ4n) is 1.39. The van der Waals surface area contributed by atoms with Gasteiger partial charge in [-0.3, -0.25) is 4.57 Å². The molecule has 1 aliphatic carbocycles. The van der Waals surface area contributed by atoms with Gasteiger partial charge in [-0.05, 0) is 6.42 Å². The fourth-order valence-corrected chi connectivity index (χ4v) is 3.12. The van der Waals surface area contributed by atoms with E-state index in [4.69, 9.17) is 10.3 Å². The van der Waals surface area contributed by atoms with Crippen molar-refractivity contribution in [3.63, 3.8) is 0 Å². The molecule has 0 bridgehead atoms. The summed E-state index contributed by atoms with van der Waals surface area (Å²) < 4.78 is 15.9. The van der Waals surface area contributed by atoms with E-state index in [2.05, 4.69) is 8.93 Å². The van der Waals surface area contributed by atoms with Gasteiger partial charge in [0.15, 0.2) is 8.46 Å². The van der Waals surface area contributed by atoms with Crippen LogP contribution >= 0.6 is 25.9 Å². The number of aliphatic hydroxyl groups is 1. The maximum absolute atomic E-state index is 10.6. The molecule has 0 amide bonds. The second kappa shape index (κ2) is 4.91. The number of aliphatic hydroxyl groups excluding tert-OH is 1. The molecular weight excluding hydrogens is 215 g/mol. The predicted octanol–water partition coefficient (Wildman–Crippen LogP) is 0.507. The molecule has 3 unspecified atom stereocenters. The second-order valence-electron chi connectivity index (χ2n) is 2.76. The van der Waals surface area contributed by atoms with Gasteiger partial charge in [0.25, 0.3) is 0 Å². The van der Waals surface area contributed by atoms with E-state index in [0.717, 1.165) is 0 Å². The third-order valence-corrected chi connectivity index (χ3v) is 3.69. The molecule has 70 valence electrons. The molecule has 12 heavy (non-hydrogen) atoms. The number of hydrogen-bond acceptors (Lipinski definition) is 4. The standard InChI is InChI=1S/C5H12NO3P3/c6-2-1-3(7)5(11-8)4(2)9-12-10/h2-5,7,12H,1,6,10H2/t2-,3+,4?,5-/m1/s1. The van der Waals surface area contributed by atoms with Crippen LogP contribution in [-0.2, 0) is 9.09 Å². The second-order valence-corrected chi connectivity index (χ2v) is 4.75. The Morgan fingerprint density at radius 2 is 2.42 bits per heavy atom. The van der Waals surface area contributed by atoms with E-state index in [1.807, 2.05) is 0 Å². The zero-order chi connectivity index (χ0) is 9.14. The van der Waals surface area contributed by atoms with Gasteiger partial charge in [-0.15, -0.1) is 0 Å². The normalized spacial score (nSPS) is 43.2. The van der Waals surface area contributed by atoms with Crippen molar-refractivity contribution in [1.29, 1.82) is 0 Å². The van der Waals surface area contributed by atoms with Crippen molar-refractivity contribution in [2.24, 2.45) is 5.73 Å². The van der Waals surface area contributed by atoms with Crippen LogP contribution in [0.4, 0.5) is 0 Å². The van der Waals surface area contributed by atoms with Gasteiger partial charge in [-0.2, -0.15) is 0 Å². The van der Waals surface area contributed by atoms with Crippen LogP contribution in [-0.4, -0.2) is 29.0 Å². The Bertz CT molecular complexity index is 170. The lowest BCUT2D eigenvalue weighted by atomic mass is 10.2. The van der Waals surface area contributed by atoms with Crippen molar-refractivity contribution in [3.05, 3.63) is 0 Å². The van der Waals surface area contributed by atoms with Gasteiger partial charge in [0.2, 0.25) is 0 Å². The van der Waals surface area contributed by atoms with Crippen LogP contribution in [0.25, 0.3) is 0 Å². The van der Waals surface area contributed by atoms with Gasteiger partial charge >= 0.3 is 0 Å². The molecule has 1 rings (SSSR count). The van der Waals surface area contributed by atoms with E-state index < -0.39 is 6.10 Å². The maximum Gasteiger partial charge on any atom is 0.164 e. The lowest BCUT2D eigenvalue weighted by Gasteiger charge is -2.17. The van der Waals surface area contributed by atoms with E-state index in [-0.39, 0.29) is 34.8 Å². The molecule has 1 saturated carbocycles. The van der Waals surface area contributed by atoms with Crippen LogP contribution in [0.5, 0.6) is 0 Å². The molecule has 0 spiro atoms. The third kappa shape index (κ3) is 2.20. The van der Waals surface area contributed by atoms with Crippen molar-refractivity contribution >= 4 is 25.9 Å². The minimum Gasteiger partial charge on any atom is -0.392 e. The van der Waals surface area contributed by atoms with Crippen LogP contribution in [0.3, 0.4) is 0 Å². The highest BCUT2D eigenvalue weighted by atomic mass is 32.0. The van der Waals surface area contributed by atoms with Gasteiger partial charge in [-0.1, -0.05) is 8.93 Å². The number of rotatable bonds is 3. The van der Waals surface area contributed by atoms with Gasteiger partial charge in [-0.25, -0.2) is 0 Å². The Kier molecular flexibility index (Phi) is 4.46. The molecule has 1 aliphatic rings. The maximum atomic E-state index is 10.6. The monoisotopic (exact) mass is 227 g/mol. The molecule has 6 atom stereocenters. The van der Waals surface area contributed by atoms with Crippen molar-refractivity contribution in [1.82, 2.24) is 0 Å². The fraction of sp³-hybridized carbons (Fsp3) is 1.00. The van der Waals surface area contributed by atoms with E-state index in [9.17, 15) is 9.67 Å². The van der Waals surface area contributed by atoms with Gasteiger partial charge < -0.3 is 15.4 Å².